The predicted molar refractivity (Wildman–Crippen MR) is 49.6 cm³/mol. The molecule has 1 unspecified atom stereocenters. The van der Waals surface area contributed by atoms with Gasteiger partial charge >= 0.3 is 0 Å². The summed E-state index contributed by atoms with van der Waals surface area (Å²) in [6.07, 6.45) is 2.10. The average molecular weight is 189 g/mol. The van der Waals surface area contributed by atoms with E-state index in [0.717, 1.165) is 19.4 Å². The molecule has 1 aliphatic heterocycles. The molecule has 4 heteroatoms. The van der Waals surface area contributed by atoms with Crippen LogP contribution in [0.25, 0.3) is 0 Å². The average Bonchev–Trinajstić information content (AvgIpc) is 2.19. The first-order valence-corrected chi connectivity index (χ1v) is 4.77. The fraction of sp³-hybridized carbons (Fsp3) is 1.00. The third kappa shape index (κ3) is 3.23. The maximum atomic E-state index is 9.05. The van der Waals surface area contributed by atoms with Crippen LogP contribution in [0, 0.1) is 0 Å². The molecule has 0 aromatic rings. The van der Waals surface area contributed by atoms with Gasteiger partial charge < -0.3 is 20.3 Å². The van der Waals surface area contributed by atoms with Gasteiger partial charge in [-0.1, -0.05) is 0 Å². The molecule has 0 aliphatic carbocycles. The summed E-state index contributed by atoms with van der Waals surface area (Å²) in [4.78, 5) is 0. The summed E-state index contributed by atoms with van der Waals surface area (Å²) >= 11 is 0. The van der Waals surface area contributed by atoms with Gasteiger partial charge in [-0.3, -0.25) is 0 Å². The van der Waals surface area contributed by atoms with Crippen LogP contribution < -0.4 is 5.32 Å². The van der Waals surface area contributed by atoms with Crippen molar-refractivity contribution in [3.63, 3.8) is 0 Å². The second kappa shape index (κ2) is 4.91. The van der Waals surface area contributed by atoms with Crippen molar-refractivity contribution in [2.24, 2.45) is 0 Å². The zero-order valence-corrected chi connectivity index (χ0v) is 8.12. The molecule has 0 radical (unpaired) electrons. The number of aliphatic hydroxyl groups is 2. The Kier molecular flexibility index (Phi) is 4.12. The lowest BCUT2D eigenvalue weighted by Gasteiger charge is -2.33. The van der Waals surface area contributed by atoms with Crippen LogP contribution in [0.15, 0.2) is 0 Å². The first kappa shape index (κ1) is 10.9. The highest BCUT2D eigenvalue weighted by Crippen LogP contribution is 2.10. The van der Waals surface area contributed by atoms with Crippen LogP contribution in [0.5, 0.6) is 0 Å². The minimum Gasteiger partial charge on any atom is -0.394 e. The zero-order chi connectivity index (χ0) is 9.73. The van der Waals surface area contributed by atoms with Gasteiger partial charge in [0.05, 0.1) is 25.4 Å². The van der Waals surface area contributed by atoms with Crippen molar-refractivity contribution in [1.29, 1.82) is 0 Å². The second-order valence-electron chi connectivity index (χ2n) is 3.94. The molecular weight excluding hydrogens is 170 g/mol. The fourth-order valence-electron chi connectivity index (χ4n) is 1.49. The van der Waals surface area contributed by atoms with Crippen LogP contribution in [0.2, 0.25) is 0 Å². The number of hydrogen-bond donors (Lipinski definition) is 3. The van der Waals surface area contributed by atoms with Crippen LogP contribution in [-0.2, 0) is 4.74 Å². The topological polar surface area (TPSA) is 61.7 Å². The molecule has 1 fully saturated rings. The zero-order valence-electron chi connectivity index (χ0n) is 8.12. The van der Waals surface area contributed by atoms with Gasteiger partial charge in [0, 0.05) is 12.6 Å². The molecule has 1 atom stereocenters. The molecule has 1 heterocycles. The summed E-state index contributed by atoms with van der Waals surface area (Å²) in [7, 11) is 0. The van der Waals surface area contributed by atoms with Crippen LogP contribution in [0.4, 0.5) is 0 Å². The van der Waals surface area contributed by atoms with Gasteiger partial charge in [-0.25, -0.2) is 0 Å². The van der Waals surface area contributed by atoms with E-state index in [-0.39, 0.29) is 19.3 Å². The van der Waals surface area contributed by atoms with E-state index in [9.17, 15) is 0 Å². The van der Waals surface area contributed by atoms with Gasteiger partial charge in [0.1, 0.15) is 0 Å². The summed E-state index contributed by atoms with van der Waals surface area (Å²) < 4.78 is 5.29. The largest absolute Gasteiger partial charge is 0.394 e. The number of nitrogens with one attached hydrogen (secondary N) is 1. The molecule has 1 aliphatic rings. The Morgan fingerprint density at radius 1 is 1.46 bits per heavy atom. The number of ether oxygens (including phenoxy) is 1. The predicted octanol–water partition coefficient (Wildman–Crippen LogP) is -0.502. The van der Waals surface area contributed by atoms with Gasteiger partial charge in [-0.05, 0) is 19.8 Å². The van der Waals surface area contributed by atoms with Gasteiger partial charge in [0.2, 0.25) is 0 Å². The quantitative estimate of drug-likeness (QED) is 0.558. The molecule has 13 heavy (non-hydrogen) atoms. The lowest BCUT2D eigenvalue weighted by Crippen LogP contribution is -2.55. The Bertz CT molecular complexity index is 142. The van der Waals surface area contributed by atoms with E-state index in [1.54, 1.807) is 0 Å². The van der Waals surface area contributed by atoms with Gasteiger partial charge in [0.15, 0.2) is 0 Å². The van der Waals surface area contributed by atoms with Gasteiger partial charge in [0.25, 0.3) is 0 Å². The van der Waals surface area contributed by atoms with Crippen LogP contribution in [0.1, 0.15) is 19.8 Å². The van der Waals surface area contributed by atoms with Crippen LogP contribution >= 0.6 is 0 Å². The summed E-state index contributed by atoms with van der Waals surface area (Å²) in [5.74, 6) is 0. The molecule has 0 aromatic carbocycles. The molecule has 78 valence electrons. The monoisotopic (exact) mass is 189 g/mol. The van der Waals surface area contributed by atoms with E-state index in [2.05, 4.69) is 5.32 Å². The lowest BCUT2D eigenvalue weighted by molar-refractivity contribution is 0.0343. The Morgan fingerprint density at radius 2 is 2.15 bits per heavy atom. The van der Waals surface area contributed by atoms with E-state index in [0.29, 0.717) is 6.61 Å². The van der Waals surface area contributed by atoms with Gasteiger partial charge in [-0.2, -0.15) is 0 Å². The first-order chi connectivity index (χ1) is 6.20. The summed E-state index contributed by atoms with van der Waals surface area (Å²) in [6, 6.07) is 0.262. The van der Waals surface area contributed by atoms with Crippen molar-refractivity contribution in [3.8, 4) is 0 Å². The molecule has 4 nitrogen and oxygen atoms in total. The lowest BCUT2D eigenvalue weighted by atomic mass is 10.0. The smallest absolute Gasteiger partial charge is 0.0633 e. The van der Waals surface area contributed by atoms with Crippen molar-refractivity contribution in [1.82, 2.24) is 5.32 Å². The molecule has 0 bridgehead atoms. The normalized spacial score (nSPS) is 24.7. The SMILES string of the molecule is CC(CO)(CO)NC1CCCOC1. The van der Waals surface area contributed by atoms with Crippen molar-refractivity contribution in [2.45, 2.75) is 31.3 Å². The molecule has 0 aromatic heterocycles. The number of aliphatic hydroxyl groups excluding tert-OH is 2. The van der Waals surface area contributed by atoms with E-state index < -0.39 is 5.54 Å². The summed E-state index contributed by atoms with van der Waals surface area (Å²) in [5, 5.41) is 21.3. The maximum absolute atomic E-state index is 9.05. The Balaban J connectivity index is 2.35. The van der Waals surface area contributed by atoms with E-state index in [1.807, 2.05) is 6.92 Å². The minimum absolute atomic E-state index is 0.0556. The number of hydrogen-bond acceptors (Lipinski definition) is 4. The van der Waals surface area contributed by atoms with Crippen LogP contribution in [-0.4, -0.2) is 48.2 Å². The summed E-state index contributed by atoms with van der Waals surface area (Å²) in [5.41, 5.74) is -0.578. The van der Waals surface area contributed by atoms with E-state index in [4.69, 9.17) is 14.9 Å². The van der Waals surface area contributed by atoms with Gasteiger partial charge in [-0.15, -0.1) is 0 Å². The summed E-state index contributed by atoms with van der Waals surface area (Å²) in [6.45, 7) is 3.20. The van der Waals surface area contributed by atoms with Crippen molar-refractivity contribution in [3.05, 3.63) is 0 Å². The Morgan fingerprint density at radius 3 is 2.62 bits per heavy atom. The molecule has 1 rings (SSSR count). The minimum atomic E-state index is -0.578. The highest BCUT2D eigenvalue weighted by Gasteiger charge is 2.26. The highest BCUT2D eigenvalue weighted by molar-refractivity contribution is 4.86. The van der Waals surface area contributed by atoms with Crippen molar-refractivity contribution >= 4 is 0 Å². The molecule has 0 saturated carbocycles. The fourth-order valence-corrected chi connectivity index (χ4v) is 1.49. The Labute approximate surface area is 78.9 Å². The molecular formula is C9H19NO3. The second-order valence-corrected chi connectivity index (χ2v) is 3.94. The molecule has 0 spiro atoms. The highest BCUT2D eigenvalue weighted by atomic mass is 16.5. The van der Waals surface area contributed by atoms with E-state index in [1.165, 1.54) is 0 Å². The Hall–Kier alpha value is -0.160. The maximum Gasteiger partial charge on any atom is 0.0633 e. The van der Waals surface area contributed by atoms with Crippen molar-refractivity contribution in [2.75, 3.05) is 26.4 Å². The van der Waals surface area contributed by atoms with E-state index >= 15 is 0 Å². The third-order valence-corrected chi connectivity index (χ3v) is 2.41. The molecule has 3 N–H and O–H groups in total. The van der Waals surface area contributed by atoms with Crippen molar-refractivity contribution < 1.29 is 14.9 Å². The third-order valence-electron chi connectivity index (χ3n) is 2.41. The molecule has 0 amide bonds. The first-order valence-electron chi connectivity index (χ1n) is 4.77. The molecule has 1 saturated heterocycles. The van der Waals surface area contributed by atoms with Crippen LogP contribution in [0.3, 0.4) is 0 Å². The standard InChI is InChI=1S/C9H19NO3/c1-9(6-11,7-12)10-8-3-2-4-13-5-8/h8,10-12H,2-7H2,1H3. The number of rotatable bonds is 4.